The Morgan fingerprint density at radius 1 is 1.36 bits per heavy atom. The van der Waals surface area contributed by atoms with Gasteiger partial charge in [-0.1, -0.05) is 0 Å². The topological polar surface area (TPSA) is 71.0 Å². The molecule has 3 atom stereocenters. The monoisotopic (exact) mass is 207 g/mol. The van der Waals surface area contributed by atoms with Crippen LogP contribution in [-0.2, 0) is 9.47 Å². The van der Waals surface area contributed by atoms with Crippen LogP contribution in [0.1, 0.15) is 20.8 Å². The zero-order valence-corrected chi connectivity index (χ0v) is 9.06. The Labute approximate surface area is 85.0 Å². The number of nitrogens with one attached hydrogen (secondary N) is 1. The van der Waals surface area contributed by atoms with Gasteiger partial charge in [-0.05, 0) is 20.8 Å². The van der Waals surface area contributed by atoms with Gasteiger partial charge in [0, 0.05) is 13.2 Å². The summed E-state index contributed by atoms with van der Waals surface area (Å²) in [5.41, 5.74) is 0. The molecule has 0 rings (SSSR count). The largest absolute Gasteiger partial charge is 0.395 e. The van der Waals surface area contributed by atoms with Gasteiger partial charge < -0.3 is 19.7 Å². The maximum Gasteiger partial charge on any atom is 0.157 e. The Hall–Kier alpha value is -0.200. The predicted octanol–water partition coefficient (Wildman–Crippen LogP) is -0.326. The average molecular weight is 207 g/mol. The quantitative estimate of drug-likeness (QED) is 0.476. The van der Waals surface area contributed by atoms with Crippen molar-refractivity contribution in [3.63, 3.8) is 0 Å². The zero-order valence-electron chi connectivity index (χ0n) is 9.06. The summed E-state index contributed by atoms with van der Waals surface area (Å²) in [6.45, 7) is 6.21. The smallest absolute Gasteiger partial charge is 0.157 e. The van der Waals surface area contributed by atoms with Crippen molar-refractivity contribution in [2.75, 3.05) is 19.8 Å². The van der Waals surface area contributed by atoms with Gasteiger partial charge in [0.15, 0.2) is 6.29 Å². The van der Waals surface area contributed by atoms with Crippen LogP contribution >= 0.6 is 0 Å². The van der Waals surface area contributed by atoms with E-state index in [0.29, 0.717) is 13.2 Å². The third-order valence-corrected chi connectivity index (χ3v) is 1.64. The van der Waals surface area contributed by atoms with Crippen molar-refractivity contribution >= 4 is 0 Å². The maximum absolute atomic E-state index is 9.33. The zero-order chi connectivity index (χ0) is 11.0. The predicted molar refractivity (Wildman–Crippen MR) is 52.7 cm³/mol. The third-order valence-electron chi connectivity index (χ3n) is 1.64. The molecule has 0 fully saturated rings. The first kappa shape index (κ1) is 13.8. The first-order chi connectivity index (χ1) is 6.61. The van der Waals surface area contributed by atoms with Crippen molar-refractivity contribution in [2.45, 2.75) is 39.4 Å². The summed E-state index contributed by atoms with van der Waals surface area (Å²) in [5, 5.41) is 20.8. The summed E-state index contributed by atoms with van der Waals surface area (Å²) >= 11 is 0. The molecular formula is C9H21NO4. The second kappa shape index (κ2) is 8.14. The number of aliphatic hydroxyl groups is 2. The highest BCUT2D eigenvalue weighted by Gasteiger charge is 2.17. The lowest BCUT2D eigenvalue weighted by atomic mass is 10.3. The molecule has 0 heterocycles. The van der Waals surface area contributed by atoms with Gasteiger partial charge in [0.1, 0.15) is 6.23 Å². The molecule has 0 amide bonds. The van der Waals surface area contributed by atoms with E-state index in [1.54, 1.807) is 13.8 Å². The molecule has 0 aliphatic carbocycles. The molecule has 0 spiro atoms. The van der Waals surface area contributed by atoms with E-state index in [9.17, 15) is 5.11 Å². The number of aliphatic hydroxyl groups excluding tert-OH is 2. The lowest BCUT2D eigenvalue weighted by molar-refractivity contribution is -0.187. The van der Waals surface area contributed by atoms with E-state index in [-0.39, 0.29) is 12.9 Å². The van der Waals surface area contributed by atoms with Crippen LogP contribution in [0.25, 0.3) is 0 Å². The second-order valence-corrected chi connectivity index (χ2v) is 3.00. The molecule has 14 heavy (non-hydrogen) atoms. The summed E-state index contributed by atoms with van der Waals surface area (Å²) < 4.78 is 10.5. The average Bonchev–Trinajstić information content (AvgIpc) is 2.12. The summed E-state index contributed by atoms with van der Waals surface area (Å²) in [5.74, 6) is 0. The first-order valence-corrected chi connectivity index (χ1v) is 4.91. The van der Waals surface area contributed by atoms with E-state index in [1.807, 2.05) is 6.92 Å². The van der Waals surface area contributed by atoms with E-state index in [1.165, 1.54) is 0 Å². The summed E-state index contributed by atoms with van der Waals surface area (Å²) in [7, 11) is 0. The molecule has 0 aliphatic rings. The maximum atomic E-state index is 9.33. The summed E-state index contributed by atoms with van der Waals surface area (Å²) in [4.78, 5) is 0. The molecule has 5 nitrogen and oxygen atoms in total. The molecule has 0 aromatic carbocycles. The van der Waals surface area contributed by atoms with Crippen LogP contribution in [-0.4, -0.2) is 48.6 Å². The van der Waals surface area contributed by atoms with Crippen molar-refractivity contribution in [1.82, 2.24) is 5.32 Å². The summed E-state index contributed by atoms with van der Waals surface area (Å²) in [6, 6.07) is 0. The minimum absolute atomic E-state index is 0.00952. The highest BCUT2D eigenvalue weighted by Crippen LogP contribution is 2.01. The fourth-order valence-electron chi connectivity index (χ4n) is 1.02. The Morgan fingerprint density at radius 3 is 2.43 bits per heavy atom. The van der Waals surface area contributed by atoms with Crippen LogP contribution in [0.2, 0.25) is 0 Å². The van der Waals surface area contributed by atoms with Crippen LogP contribution in [0.4, 0.5) is 0 Å². The fourth-order valence-corrected chi connectivity index (χ4v) is 1.02. The molecule has 0 radical (unpaired) electrons. The molecular weight excluding hydrogens is 186 g/mol. The van der Waals surface area contributed by atoms with Crippen LogP contribution in [0.15, 0.2) is 0 Å². The lowest BCUT2D eigenvalue weighted by Crippen LogP contribution is -2.44. The molecule has 0 aromatic heterocycles. The Kier molecular flexibility index (Phi) is 8.02. The highest BCUT2D eigenvalue weighted by molar-refractivity contribution is 4.62. The van der Waals surface area contributed by atoms with Crippen molar-refractivity contribution in [3.8, 4) is 0 Å². The SMILES string of the molecule is CCOC(C)OC(NCCO)C(C)O. The van der Waals surface area contributed by atoms with Gasteiger partial charge in [0.25, 0.3) is 0 Å². The molecule has 5 heteroatoms. The van der Waals surface area contributed by atoms with Gasteiger partial charge in [0.2, 0.25) is 0 Å². The van der Waals surface area contributed by atoms with E-state index in [4.69, 9.17) is 14.6 Å². The normalized spacial score (nSPS) is 17.8. The summed E-state index contributed by atoms with van der Waals surface area (Å²) in [6.07, 6.45) is -1.53. The van der Waals surface area contributed by atoms with Crippen molar-refractivity contribution in [1.29, 1.82) is 0 Å². The molecule has 3 N–H and O–H groups in total. The number of ether oxygens (including phenoxy) is 2. The molecule has 0 saturated carbocycles. The van der Waals surface area contributed by atoms with Crippen molar-refractivity contribution in [2.24, 2.45) is 0 Å². The van der Waals surface area contributed by atoms with Crippen LogP contribution in [0.3, 0.4) is 0 Å². The number of hydrogen-bond acceptors (Lipinski definition) is 5. The minimum atomic E-state index is -0.649. The van der Waals surface area contributed by atoms with E-state index < -0.39 is 12.3 Å². The standard InChI is InChI=1S/C9H21NO4/c1-4-13-8(3)14-9(7(2)12)10-5-6-11/h7-12H,4-6H2,1-3H3. The van der Waals surface area contributed by atoms with Crippen molar-refractivity contribution in [3.05, 3.63) is 0 Å². The Morgan fingerprint density at radius 2 is 2.00 bits per heavy atom. The van der Waals surface area contributed by atoms with Crippen LogP contribution in [0, 0.1) is 0 Å². The third kappa shape index (κ3) is 6.28. The van der Waals surface area contributed by atoms with E-state index in [2.05, 4.69) is 5.32 Å². The molecule has 0 aromatic rings. The Balaban J connectivity index is 3.82. The molecule has 0 bridgehead atoms. The number of rotatable bonds is 8. The minimum Gasteiger partial charge on any atom is -0.395 e. The molecule has 0 aliphatic heterocycles. The van der Waals surface area contributed by atoms with Gasteiger partial charge in [-0.3, -0.25) is 5.32 Å². The van der Waals surface area contributed by atoms with Gasteiger partial charge >= 0.3 is 0 Å². The molecule has 3 unspecified atom stereocenters. The molecule has 86 valence electrons. The van der Waals surface area contributed by atoms with E-state index >= 15 is 0 Å². The highest BCUT2D eigenvalue weighted by atomic mass is 16.7. The lowest BCUT2D eigenvalue weighted by Gasteiger charge is -2.25. The Bertz CT molecular complexity index is 132. The van der Waals surface area contributed by atoms with Gasteiger partial charge in [0.05, 0.1) is 12.7 Å². The van der Waals surface area contributed by atoms with E-state index in [0.717, 1.165) is 0 Å². The molecule has 0 saturated heterocycles. The van der Waals surface area contributed by atoms with Crippen molar-refractivity contribution < 1.29 is 19.7 Å². The van der Waals surface area contributed by atoms with Gasteiger partial charge in [-0.15, -0.1) is 0 Å². The number of hydrogen-bond donors (Lipinski definition) is 3. The van der Waals surface area contributed by atoms with Gasteiger partial charge in [-0.25, -0.2) is 0 Å². The van der Waals surface area contributed by atoms with Crippen LogP contribution < -0.4 is 5.32 Å². The first-order valence-electron chi connectivity index (χ1n) is 4.91. The fraction of sp³-hybridized carbons (Fsp3) is 1.00. The van der Waals surface area contributed by atoms with Gasteiger partial charge in [-0.2, -0.15) is 0 Å². The second-order valence-electron chi connectivity index (χ2n) is 3.00. The van der Waals surface area contributed by atoms with Crippen LogP contribution in [0.5, 0.6) is 0 Å².